The maximum atomic E-state index is 12.7. The van der Waals surface area contributed by atoms with Gasteiger partial charge in [0.2, 0.25) is 5.91 Å². The summed E-state index contributed by atoms with van der Waals surface area (Å²) in [7, 11) is 3.34. The Balaban J connectivity index is 1.58. The van der Waals surface area contributed by atoms with Gasteiger partial charge in [0.25, 0.3) is 5.91 Å². The van der Waals surface area contributed by atoms with E-state index in [-0.39, 0.29) is 24.8 Å². The Kier molecular flexibility index (Phi) is 6.74. The van der Waals surface area contributed by atoms with Crippen molar-refractivity contribution in [2.24, 2.45) is 0 Å². The molecule has 0 aliphatic heterocycles. The number of benzene rings is 2. The van der Waals surface area contributed by atoms with E-state index in [1.807, 2.05) is 6.07 Å². The molecule has 1 N–H and O–H groups in total. The Hall–Kier alpha value is -3.20. The van der Waals surface area contributed by atoms with Gasteiger partial charge in [-0.1, -0.05) is 24.3 Å². The minimum Gasteiger partial charge on any atom is -0.352 e. The third-order valence-electron chi connectivity index (χ3n) is 4.42. The fourth-order valence-corrected chi connectivity index (χ4v) is 3.65. The second-order valence-corrected chi connectivity index (χ2v) is 7.93. The van der Waals surface area contributed by atoms with E-state index in [0.29, 0.717) is 21.8 Å². The van der Waals surface area contributed by atoms with Crippen LogP contribution in [0.1, 0.15) is 27.2 Å². The first-order valence-electron chi connectivity index (χ1n) is 9.33. The number of thiazole rings is 1. The van der Waals surface area contributed by atoms with Gasteiger partial charge in [0.1, 0.15) is 5.01 Å². The molecule has 2 aromatic carbocycles. The lowest BCUT2D eigenvalue weighted by Crippen LogP contribution is -2.25. The standard InChI is InChI=1S/C22H20F3N3O2S/c1-28(2)21(30)16-5-3-4-14(10-16)12-26-19(29)11-18-13-31-20(27-18)15-6-8-17(9-7-15)22(23,24)25/h3-10,13H,11-12H2,1-2H3,(H,26,29). The summed E-state index contributed by atoms with van der Waals surface area (Å²) in [5, 5.41) is 5.05. The largest absolute Gasteiger partial charge is 0.416 e. The van der Waals surface area contributed by atoms with Crippen molar-refractivity contribution in [2.75, 3.05) is 14.1 Å². The Bertz CT molecular complexity index is 1080. The molecule has 0 fully saturated rings. The van der Waals surface area contributed by atoms with Crippen LogP contribution in [0.4, 0.5) is 13.2 Å². The summed E-state index contributed by atoms with van der Waals surface area (Å²) in [6.45, 7) is 0.267. The van der Waals surface area contributed by atoms with Crippen molar-refractivity contribution in [3.63, 3.8) is 0 Å². The third-order valence-corrected chi connectivity index (χ3v) is 5.36. The first-order valence-corrected chi connectivity index (χ1v) is 10.2. The normalized spacial score (nSPS) is 11.3. The Labute approximate surface area is 181 Å². The number of carbonyl (C=O) groups is 2. The molecule has 0 radical (unpaired) electrons. The number of carbonyl (C=O) groups excluding carboxylic acids is 2. The van der Waals surface area contributed by atoms with Crippen LogP contribution in [-0.2, 0) is 23.9 Å². The van der Waals surface area contributed by atoms with Crippen LogP contribution in [0.25, 0.3) is 10.6 Å². The SMILES string of the molecule is CN(C)C(=O)c1cccc(CNC(=O)Cc2csc(-c3ccc(C(F)(F)F)cc3)n2)c1. The quantitative estimate of drug-likeness (QED) is 0.610. The minimum absolute atomic E-state index is 0.0491. The van der Waals surface area contributed by atoms with Crippen molar-refractivity contribution in [3.05, 3.63) is 76.3 Å². The molecule has 1 heterocycles. The topological polar surface area (TPSA) is 62.3 Å². The van der Waals surface area contributed by atoms with Gasteiger partial charge in [-0.25, -0.2) is 4.98 Å². The number of nitrogens with zero attached hydrogens (tertiary/aromatic N) is 2. The minimum atomic E-state index is -4.38. The molecule has 0 saturated heterocycles. The number of aromatic nitrogens is 1. The lowest BCUT2D eigenvalue weighted by molar-refractivity contribution is -0.137. The molecule has 0 saturated carbocycles. The van der Waals surface area contributed by atoms with Crippen LogP contribution in [0, 0.1) is 0 Å². The fraction of sp³-hybridized carbons (Fsp3) is 0.227. The average Bonchev–Trinajstić information content (AvgIpc) is 3.19. The van der Waals surface area contributed by atoms with Crippen LogP contribution in [-0.4, -0.2) is 35.8 Å². The molecule has 0 aliphatic carbocycles. The highest BCUT2D eigenvalue weighted by molar-refractivity contribution is 7.13. The van der Waals surface area contributed by atoms with Gasteiger partial charge in [0, 0.05) is 37.1 Å². The average molecular weight is 447 g/mol. The number of rotatable bonds is 6. The molecule has 5 nitrogen and oxygen atoms in total. The second kappa shape index (κ2) is 9.30. The molecule has 1 aromatic heterocycles. The van der Waals surface area contributed by atoms with E-state index >= 15 is 0 Å². The highest BCUT2D eigenvalue weighted by atomic mass is 32.1. The van der Waals surface area contributed by atoms with Crippen LogP contribution < -0.4 is 5.32 Å². The summed E-state index contributed by atoms with van der Waals surface area (Å²) >= 11 is 1.27. The van der Waals surface area contributed by atoms with Gasteiger partial charge in [0.15, 0.2) is 0 Å². The van der Waals surface area contributed by atoms with E-state index in [1.165, 1.54) is 28.4 Å². The smallest absolute Gasteiger partial charge is 0.352 e. The molecule has 162 valence electrons. The number of alkyl halides is 3. The molecule has 0 unspecified atom stereocenters. The molecule has 0 bridgehead atoms. The summed E-state index contributed by atoms with van der Waals surface area (Å²) in [6.07, 6.45) is -4.34. The van der Waals surface area contributed by atoms with Gasteiger partial charge in [-0.15, -0.1) is 11.3 Å². The zero-order chi connectivity index (χ0) is 22.6. The van der Waals surface area contributed by atoms with Crippen molar-refractivity contribution >= 4 is 23.2 Å². The first-order chi connectivity index (χ1) is 14.6. The predicted octanol–water partition coefficient (Wildman–Crippen LogP) is 4.39. The molecular formula is C22H20F3N3O2S. The molecule has 0 atom stereocenters. The molecule has 3 aromatic rings. The van der Waals surface area contributed by atoms with Crippen LogP contribution in [0.5, 0.6) is 0 Å². The Morgan fingerprint density at radius 3 is 2.45 bits per heavy atom. The number of halogens is 3. The molecule has 0 spiro atoms. The van der Waals surface area contributed by atoms with Crippen molar-refractivity contribution in [2.45, 2.75) is 19.1 Å². The Morgan fingerprint density at radius 1 is 1.10 bits per heavy atom. The van der Waals surface area contributed by atoms with Gasteiger partial charge >= 0.3 is 6.18 Å². The number of nitrogens with one attached hydrogen (secondary N) is 1. The van der Waals surface area contributed by atoms with Crippen LogP contribution >= 0.6 is 11.3 Å². The zero-order valence-electron chi connectivity index (χ0n) is 16.9. The second-order valence-electron chi connectivity index (χ2n) is 7.07. The lowest BCUT2D eigenvalue weighted by atomic mass is 10.1. The number of hydrogen-bond acceptors (Lipinski definition) is 4. The maximum Gasteiger partial charge on any atom is 0.416 e. The first kappa shape index (κ1) is 22.5. The van der Waals surface area contributed by atoms with E-state index in [4.69, 9.17) is 0 Å². The van der Waals surface area contributed by atoms with Crippen molar-refractivity contribution in [3.8, 4) is 10.6 Å². The van der Waals surface area contributed by atoms with Gasteiger partial charge in [-0.2, -0.15) is 13.2 Å². The lowest BCUT2D eigenvalue weighted by Gasteiger charge is -2.11. The highest BCUT2D eigenvalue weighted by Crippen LogP contribution is 2.31. The van der Waals surface area contributed by atoms with E-state index in [0.717, 1.165) is 17.7 Å². The molecule has 0 aliphatic rings. The molecule has 2 amide bonds. The molecule has 3 rings (SSSR count). The molecule has 31 heavy (non-hydrogen) atoms. The summed E-state index contributed by atoms with van der Waals surface area (Å²) < 4.78 is 38.1. The monoisotopic (exact) mass is 447 g/mol. The van der Waals surface area contributed by atoms with Gasteiger partial charge in [-0.05, 0) is 29.8 Å². The van der Waals surface area contributed by atoms with Crippen LogP contribution in [0.2, 0.25) is 0 Å². The van der Waals surface area contributed by atoms with Crippen molar-refractivity contribution < 1.29 is 22.8 Å². The van der Waals surface area contributed by atoms with Gasteiger partial charge in [-0.3, -0.25) is 9.59 Å². The van der Waals surface area contributed by atoms with E-state index < -0.39 is 11.7 Å². The van der Waals surface area contributed by atoms with E-state index in [9.17, 15) is 22.8 Å². The van der Waals surface area contributed by atoms with Gasteiger partial charge in [0.05, 0.1) is 17.7 Å². The summed E-state index contributed by atoms with van der Waals surface area (Å²) in [5.41, 5.74) is 1.71. The molecule has 9 heteroatoms. The van der Waals surface area contributed by atoms with Crippen molar-refractivity contribution in [1.82, 2.24) is 15.2 Å². The zero-order valence-corrected chi connectivity index (χ0v) is 17.7. The summed E-state index contributed by atoms with van der Waals surface area (Å²) in [6, 6.07) is 11.8. The highest BCUT2D eigenvalue weighted by Gasteiger charge is 2.30. The summed E-state index contributed by atoms with van der Waals surface area (Å²) in [4.78, 5) is 30.1. The van der Waals surface area contributed by atoms with Crippen molar-refractivity contribution in [1.29, 1.82) is 0 Å². The predicted molar refractivity (Wildman–Crippen MR) is 113 cm³/mol. The van der Waals surface area contributed by atoms with E-state index in [1.54, 1.807) is 37.7 Å². The Morgan fingerprint density at radius 2 is 1.81 bits per heavy atom. The fourth-order valence-electron chi connectivity index (χ4n) is 2.82. The van der Waals surface area contributed by atoms with E-state index in [2.05, 4.69) is 10.3 Å². The molecular weight excluding hydrogens is 427 g/mol. The van der Waals surface area contributed by atoms with Crippen LogP contribution in [0.15, 0.2) is 53.9 Å². The maximum absolute atomic E-state index is 12.7. The van der Waals surface area contributed by atoms with Gasteiger partial charge < -0.3 is 10.2 Å². The number of hydrogen-bond donors (Lipinski definition) is 1. The van der Waals surface area contributed by atoms with Crippen LogP contribution in [0.3, 0.4) is 0 Å². The number of amides is 2. The summed E-state index contributed by atoms with van der Waals surface area (Å²) in [5.74, 6) is -0.361. The third kappa shape index (κ3) is 5.91.